The predicted molar refractivity (Wildman–Crippen MR) is 88.5 cm³/mol. The summed E-state index contributed by atoms with van der Waals surface area (Å²) < 4.78 is 0. The SMILES string of the molecule is C#Cc1ccc(CNC2CCCN(c3ncccn3)C2)cc1. The number of anilines is 1. The molecule has 1 fully saturated rings. The fourth-order valence-electron chi connectivity index (χ4n) is 2.76. The molecule has 0 radical (unpaired) electrons. The lowest BCUT2D eigenvalue weighted by atomic mass is 10.1. The van der Waals surface area contributed by atoms with Gasteiger partial charge in [0.15, 0.2) is 0 Å². The van der Waals surface area contributed by atoms with Crippen LogP contribution in [0.25, 0.3) is 0 Å². The summed E-state index contributed by atoms with van der Waals surface area (Å²) in [6.45, 7) is 2.84. The number of benzene rings is 1. The Balaban J connectivity index is 1.55. The molecule has 0 amide bonds. The molecule has 1 aromatic carbocycles. The highest BCUT2D eigenvalue weighted by molar-refractivity contribution is 5.34. The van der Waals surface area contributed by atoms with E-state index in [1.165, 1.54) is 12.0 Å². The van der Waals surface area contributed by atoms with E-state index in [9.17, 15) is 0 Å². The third-order valence-corrected chi connectivity index (χ3v) is 3.97. The normalized spacial score (nSPS) is 18.0. The first-order chi connectivity index (χ1) is 10.8. The number of hydrogen-bond donors (Lipinski definition) is 1. The molecule has 4 heteroatoms. The van der Waals surface area contributed by atoms with E-state index in [1.807, 2.05) is 18.2 Å². The zero-order chi connectivity index (χ0) is 15.2. The largest absolute Gasteiger partial charge is 0.339 e. The van der Waals surface area contributed by atoms with Gasteiger partial charge in [0, 0.05) is 43.6 Å². The molecule has 0 saturated carbocycles. The van der Waals surface area contributed by atoms with Gasteiger partial charge in [-0.2, -0.15) is 0 Å². The fourth-order valence-corrected chi connectivity index (χ4v) is 2.76. The monoisotopic (exact) mass is 292 g/mol. The van der Waals surface area contributed by atoms with Gasteiger partial charge in [-0.15, -0.1) is 6.42 Å². The third kappa shape index (κ3) is 3.63. The minimum absolute atomic E-state index is 0.463. The van der Waals surface area contributed by atoms with Crippen molar-refractivity contribution in [1.29, 1.82) is 0 Å². The number of piperidine rings is 1. The Kier molecular flexibility index (Phi) is 4.67. The van der Waals surface area contributed by atoms with Crippen LogP contribution in [0.1, 0.15) is 24.0 Å². The van der Waals surface area contributed by atoms with E-state index in [0.29, 0.717) is 6.04 Å². The molecular formula is C18H20N4. The summed E-state index contributed by atoms with van der Waals surface area (Å²) in [5.41, 5.74) is 2.18. The molecule has 4 nitrogen and oxygen atoms in total. The van der Waals surface area contributed by atoms with Gasteiger partial charge in [-0.1, -0.05) is 18.1 Å². The molecule has 1 atom stereocenters. The fraction of sp³-hybridized carbons (Fsp3) is 0.333. The smallest absolute Gasteiger partial charge is 0.225 e. The van der Waals surface area contributed by atoms with Crippen LogP contribution in [0.4, 0.5) is 5.95 Å². The van der Waals surface area contributed by atoms with Crippen molar-refractivity contribution in [3.05, 3.63) is 53.9 Å². The standard InChI is InChI=1S/C18H20N4/c1-2-15-6-8-16(9-7-15)13-21-17-5-3-12-22(14-17)18-19-10-4-11-20-18/h1,4,6-11,17,21H,3,5,12-14H2. The quantitative estimate of drug-likeness (QED) is 0.877. The summed E-state index contributed by atoms with van der Waals surface area (Å²) in [4.78, 5) is 10.9. The zero-order valence-electron chi connectivity index (χ0n) is 12.6. The van der Waals surface area contributed by atoms with Crippen molar-refractivity contribution in [2.45, 2.75) is 25.4 Å². The number of nitrogens with one attached hydrogen (secondary N) is 1. The highest BCUT2D eigenvalue weighted by Crippen LogP contribution is 2.15. The lowest BCUT2D eigenvalue weighted by molar-refractivity contribution is 0.418. The molecule has 1 unspecified atom stereocenters. The summed E-state index contributed by atoms with van der Waals surface area (Å²) in [6, 6.07) is 10.5. The first-order valence-corrected chi connectivity index (χ1v) is 7.66. The molecule has 1 N–H and O–H groups in total. The Labute approximate surface area is 131 Å². The van der Waals surface area contributed by atoms with E-state index in [0.717, 1.165) is 37.6 Å². The summed E-state index contributed by atoms with van der Waals surface area (Å²) in [6.07, 6.45) is 11.3. The van der Waals surface area contributed by atoms with E-state index in [4.69, 9.17) is 6.42 Å². The minimum Gasteiger partial charge on any atom is -0.339 e. The van der Waals surface area contributed by atoms with E-state index < -0.39 is 0 Å². The van der Waals surface area contributed by atoms with Gasteiger partial charge in [-0.25, -0.2) is 9.97 Å². The van der Waals surface area contributed by atoms with Gasteiger partial charge in [0.2, 0.25) is 5.95 Å². The summed E-state index contributed by atoms with van der Waals surface area (Å²) in [5.74, 6) is 3.47. The highest BCUT2D eigenvalue weighted by Gasteiger charge is 2.20. The van der Waals surface area contributed by atoms with Crippen LogP contribution in [0.3, 0.4) is 0 Å². The van der Waals surface area contributed by atoms with E-state index in [2.05, 4.69) is 38.2 Å². The molecule has 1 aromatic heterocycles. The second-order valence-electron chi connectivity index (χ2n) is 5.56. The van der Waals surface area contributed by atoms with Gasteiger partial charge in [0.25, 0.3) is 0 Å². The molecule has 0 aliphatic carbocycles. The van der Waals surface area contributed by atoms with Crippen LogP contribution in [0.5, 0.6) is 0 Å². The van der Waals surface area contributed by atoms with Crippen LogP contribution in [0.15, 0.2) is 42.7 Å². The molecular weight excluding hydrogens is 272 g/mol. The predicted octanol–water partition coefficient (Wildman–Crippen LogP) is 2.22. The number of hydrogen-bond acceptors (Lipinski definition) is 4. The van der Waals surface area contributed by atoms with E-state index in [-0.39, 0.29) is 0 Å². The minimum atomic E-state index is 0.463. The van der Waals surface area contributed by atoms with Gasteiger partial charge in [-0.05, 0) is 36.6 Å². The Morgan fingerprint density at radius 3 is 2.73 bits per heavy atom. The van der Waals surface area contributed by atoms with Crippen LogP contribution < -0.4 is 10.2 Å². The molecule has 1 aliphatic heterocycles. The Morgan fingerprint density at radius 1 is 1.23 bits per heavy atom. The van der Waals surface area contributed by atoms with Crippen molar-refractivity contribution in [2.24, 2.45) is 0 Å². The summed E-state index contributed by atoms with van der Waals surface area (Å²) in [7, 11) is 0. The highest BCUT2D eigenvalue weighted by atomic mass is 15.3. The molecule has 3 rings (SSSR count). The lowest BCUT2D eigenvalue weighted by Gasteiger charge is -2.33. The lowest BCUT2D eigenvalue weighted by Crippen LogP contribution is -2.46. The molecule has 2 heterocycles. The second-order valence-corrected chi connectivity index (χ2v) is 5.56. The van der Waals surface area contributed by atoms with Gasteiger partial charge in [0.1, 0.15) is 0 Å². The average Bonchev–Trinajstić information content (AvgIpc) is 2.61. The Hall–Kier alpha value is -2.38. The second kappa shape index (κ2) is 7.06. The van der Waals surface area contributed by atoms with Crippen LogP contribution in [-0.4, -0.2) is 29.1 Å². The van der Waals surface area contributed by atoms with Crippen molar-refractivity contribution in [1.82, 2.24) is 15.3 Å². The zero-order valence-corrected chi connectivity index (χ0v) is 12.6. The number of aromatic nitrogens is 2. The number of nitrogens with zero attached hydrogens (tertiary/aromatic N) is 3. The van der Waals surface area contributed by atoms with Crippen LogP contribution in [0, 0.1) is 12.3 Å². The van der Waals surface area contributed by atoms with E-state index >= 15 is 0 Å². The van der Waals surface area contributed by atoms with Crippen molar-refractivity contribution in [3.8, 4) is 12.3 Å². The molecule has 1 saturated heterocycles. The molecule has 1 aliphatic rings. The van der Waals surface area contributed by atoms with Gasteiger partial charge in [0.05, 0.1) is 0 Å². The first kappa shape index (κ1) is 14.6. The molecule has 112 valence electrons. The maximum atomic E-state index is 5.38. The topological polar surface area (TPSA) is 41.0 Å². The first-order valence-electron chi connectivity index (χ1n) is 7.66. The van der Waals surface area contributed by atoms with Crippen molar-refractivity contribution in [2.75, 3.05) is 18.0 Å². The maximum Gasteiger partial charge on any atom is 0.225 e. The maximum absolute atomic E-state index is 5.38. The van der Waals surface area contributed by atoms with Crippen LogP contribution in [0.2, 0.25) is 0 Å². The third-order valence-electron chi connectivity index (χ3n) is 3.97. The van der Waals surface area contributed by atoms with Gasteiger partial charge >= 0.3 is 0 Å². The average molecular weight is 292 g/mol. The summed E-state index contributed by atoms with van der Waals surface area (Å²) in [5, 5.41) is 3.63. The number of rotatable bonds is 4. The van der Waals surface area contributed by atoms with Crippen molar-refractivity contribution < 1.29 is 0 Å². The van der Waals surface area contributed by atoms with E-state index in [1.54, 1.807) is 12.4 Å². The Bertz CT molecular complexity index is 630. The van der Waals surface area contributed by atoms with Crippen molar-refractivity contribution in [3.63, 3.8) is 0 Å². The number of terminal acetylenes is 1. The Morgan fingerprint density at radius 2 is 2.00 bits per heavy atom. The van der Waals surface area contributed by atoms with Crippen LogP contribution >= 0.6 is 0 Å². The van der Waals surface area contributed by atoms with Gasteiger partial charge < -0.3 is 10.2 Å². The van der Waals surface area contributed by atoms with Crippen molar-refractivity contribution >= 4 is 5.95 Å². The molecule has 0 bridgehead atoms. The molecule has 0 spiro atoms. The van der Waals surface area contributed by atoms with Gasteiger partial charge in [-0.3, -0.25) is 0 Å². The molecule has 2 aromatic rings. The van der Waals surface area contributed by atoms with Crippen LogP contribution in [-0.2, 0) is 6.54 Å². The summed E-state index contributed by atoms with van der Waals surface area (Å²) >= 11 is 0. The molecule has 22 heavy (non-hydrogen) atoms.